The van der Waals surface area contributed by atoms with E-state index in [2.05, 4.69) is 62.5 Å². The largest absolute Gasteiger partial charge is 0.461 e. The molecule has 0 spiro atoms. The Balaban J connectivity index is 1.27. The maximum atomic E-state index is 13.6. The third-order valence-corrected chi connectivity index (χ3v) is 9.34. The molecule has 2 aliphatic heterocycles. The number of quaternary nitrogens is 1. The predicted molar refractivity (Wildman–Crippen MR) is 137 cm³/mol. The zero-order valence-electron chi connectivity index (χ0n) is 21.1. The van der Waals surface area contributed by atoms with Gasteiger partial charge >= 0.3 is 5.97 Å². The minimum atomic E-state index is -0.0981. The number of esters is 1. The Hall–Kier alpha value is -2.13. The fourth-order valence-electron chi connectivity index (χ4n) is 7.29. The molecule has 1 aliphatic carbocycles. The van der Waals surface area contributed by atoms with Crippen LogP contribution in [0.1, 0.15) is 87.3 Å². The molecule has 0 aromatic heterocycles. The van der Waals surface area contributed by atoms with Crippen molar-refractivity contribution in [3.8, 4) is 0 Å². The maximum Gasteiger partial charge on any atom is 0.313 e. The molecule has 3 heteroatoms. The third-order valence-electron chi connectivity index (χ3n) is 9.34. The lowest BCUT2D eigenvalue weighted by Gasteiger charge is -2.47. The summed E-state index contributed by atoms with van der Waals surface area (Å²) in [7, 11) is 2.45. The average Bonchev–Trinajstić information content (AvgIpc) is 3.02. The van der Waals surface area contributed by atoms with Gasteiger partial charge in [0.15, 0.2) is 0 Å². The van der Waals surface area contributed by atoms with Gasteiger partial charge in [0.1, 0.15) is 12.6 Å². The first-order valence-corrected chi connectivity index (χ1v) is 13.7. The molecule has 2 heterocycles. The second-order valence-corrected chi connectivity index (χ2v) is 11.4. The van der Waals surface area contributed by atoms with E-state index in [0.717, 1.165) is 48.7 Å². The molecule has 3 nitrogen and oxygen atoms in total. The summed E-state index contributed by atoms with van der Waals surface area (Å²) < 4.78 is 7.48. The standard InChI is InChI=1S/C31H42NO2/c1-3-23-14-16-24(17-15-23)22-32(2)27-18-19-28(32)21-29(20-27)34-31(33)30(25-10-6-4-7-11-25)26-12-8-5-9-13-26/h4,6-7,10-11,14-17,26-30H,3,5,8-9,12-13,18-22H2,1-2H3/q+1/t27-,28+,29?,30?,32?. The first kappa shape index (κ1) is 23.6. The second kappa shape index (κ2) is 10.2. The molecule has 1 saturated carbocycles. The molecule has 3 unspecified atom stereocenters. The number of nitrogens with zero attached hydrogens (tertiary/aromatic N) is 1. The van der Waals surface area contributed by atoms with Gasteiger partial charge in [-0.25, -0.2) is 0 Å². The van der Waals surface area contributed by atoms with Crippen molar-refractivity contribution < 1.29 is 14.0 Å². The molecular weight excluding hydrogens is 418 g/mol. The molecule has 2 bridgehead atoms. The van der Waals surface area contributed by atoms with Crippen LogP contribution < -0.4 is 0 Å². The van der Waals surface area contributed by atoms with E-state index < -0.39 is 0 Å². The third kappa shape index (κ3) is 4.82. The fourth-order valence-corrected chi connectivity index (χ4v) is 7.29. The molecule has 0 N–H and O–H groups in total. The van der Waals surface area contributed by atoms with Crippen molar-refractivity contribution >= 4 is 5.97 Å². The van der Waals surface area contributed by atoms with Crippen molar-refractivity contribution in [1.29, 1.82) is 0 Å². The summed E-state index contributed by atoms with van der Waals surface area (Å²) in [6, 6.07) is 20.8. The summed E-state index contributed by atoms with van der Waals surface area (Å²) in [5.41, 5.74) is 3.99. The van der Waals surface area contributed by atoms with Crippen molar-refractivity contribution in [1.82, 2.24) is 0 Å². The van der Waals surface area contributed by atoms with E-state index >= 15 is 0 Å². The Morgan fingerprint density at radius 1 is 0.882 bits per heavy atom. The van der Waals surface area contributed by atoms with E-state index in [4.69, 9.17) is 4.74 Å². The van der Waals surface area contributed by atoms with Gasteiger partial charge in [-0.1, -0.05) is 80.8 Å². The van der Waals surface area contributed by atoms with Crippen molar-refractivity contribution in [3.05, 3.63) is 71.3 Å². The Morgan fingerprint density at radius 2 is 1.50 bits per heavy atom. The number of hydrogen-bond acceptors (Lipinski definition) is 2. The van der Waals surface area contributed by atoms with Crippen LogP contribution in [0.15, 0.2) is 54.6 Å². The molecule has 5 atom stereocenters. The van der Waals surface area contributed by atoms with E-state index in [0.29, 0.717) is 18.0 Å². The van der Waals surface area contributed by atoms with E-state index in [1.165, 1.54) is 43.2 Å². The van der Waals surface area contributed by atoms with Gasteiger partial charge in [-0.15, -0.1) is 0 Å². The summed E-state index contributed by atoms with van der Waals surface area (Å²) >= 11 is 0. The van der Waals surface area contributed by atoms with Gasteiger partial charge < -0.3 is 9.22 Å². The number of benzene rings is 2. The number of hydrogen-bond donors (Lipinski definition) is 0. The van der Waals surface area contributed by atoms with Crippen LogP contribution in [0.3, 0.4) is 0 Å². The highest BCUT2D eigenvalue weighted by atomic mass is 16.5. The second-order valence-electron chi connectivity index (χ2n) is 11.4. The number of aryl methyl sites for hydroxylation is 1. The fraction of sp³-hybridized carbons (Fsp3) is 0.581. The number of carbonyl (C=O) groups excluding carboxylic acids is 1. The van der Waals surface area contributed by atoms with E-state index in [1.54, 1.807) is 0 Å². The molecule has 34 heavy (non-hydrogen) atoms. The van der Waals surface area contributed by atoms with Crippen LogP contribution >= 0.6 is 0 Å². The number of ether oxygens (including phenoxy) is 1. The van der Waals surface area contributed by atoms with Gasteiger partial charge in [0.05, 0.1) is 25.0 Å². The molecule has 5 rings (SSSR count). The minimum Gasteiger partial charge on any atom is -0.461 e. The van der Waals surface area contributed by atoms with Crippen LogP contribution in [0, 0.1) is 5.92 Å². The van der Waals surface area contributed by atoms with Crippen molar-refractivity contribution in [2.24, 2.45) is 5.92 Å². The van der Waals surface area contributed by atoms with Crippen molar-refractivity contribution in [2.75, 3.05) is 7.05 Å². The number of fused-ring (bicyclic) bond motifs is 2. The summed E-state index contributed by atoms with van der Waals surface area (Å²) in [6.45, 7) is 3.31. The van der Waals surface area contributed by atoms with Crippen LogP contribution in [0.2, 0.25) is 0 Å². The SMILES string of the molecule is CCc1ccc(C[N+]2(C)[C@@H]3CC[C@H]2CC(OC(=O)C(c2ccccc2)C2CCCCC2)C3)cc1. The average molecular weight is 461 g/mol. The van der Waals surface area contributed by atoms with Gasteiger partial charge in [-0.3, -0.25) is 4.79 Å². The number of piperidine rings is 1. The predicted octanol–water partition coefficient (Wildman–Crippen LogP) is 6.80. The van der Waals surface area contributed by atoms with Gasteiger partial charge in [0, 0.05) is 31.2 Å². The summed E-state index contributed by atoms with van der Waals surface area (Å²) in [5.74, 6) is 0.365. The van der Waals surface area contributed by atoms with E-state index in [-0.39, 0.29) is 18.0 Å². The summed E-state index contributed by atoms with van der Waals surface area (Å²) in [4.78, 5) is 13.6. The molecular formula is C31H42NO2+. The highest BCUT2D eigenvalue weighted by Crippen LogP contribution is 2.44. The Labute approximate surface area is 206 Å². The Kier molecular flexibility index (Phi) is 7.11. The van der Waals surface area contributed by atoms with Crippen LogP contribution in [-0.4, -0.2) is 35.7 Å². The molecule has 2 saturated heterocycles. The van der Waals surface area contributed by atoms with Gasteiger partial charge in [-0.05, 0) is 36.3 Å². The van der Waals surface area contributed by atoms with E-state index in [9.17, 15) is 4.79 Å². The quantitative estimate of drug-likeness (QED) is 0.336. The zero-order chi connectivity index (χ0) is 23.5. The van der Waals surface area contributed by atoms with Crippen LogP contribution in [0.5, 0.6) is 0 Å². The molecule has 0 radical (unpaired) electrons. The highest BCUT2D eigenvalue weighted by molar-refractivity contribution is 5.78. The van der Waals surface area contributed by atoms with Gasteiger partial charge in [-0.2, -0.15) is 0 Å². The van der Waals surface area contributed by atoms with E-state index in [1.807, 2.05) is 6.07 Å². The monoisotopic (exact) mass is 460 g/mol. The highest BCUT2D eigenvalue weighted by Gasteiger charge is 2.52. The van der Waals surface area contributed by atoms with Crippen molar-refractivity contribution in [2.45, 2.75) is 102 Å². The smallest absolute Gasteiger partial charge is 0.313 e. The first-order chi connectivity index (χ1) is 16.6. The Morgan fingerprint density at radius 3 is 2.12 bits per heavy atom. The summed E-state index contributed by atoms with van der Waals surface area (Å²) in [6.07, 6.45) is 11.8. The lowest BCUT2D eigenvalue weighted by atomic mass is 9.77. The molecule has 2 aromatic carbocycles. The van der Waals surface area contributed by atoms with Crippen LogP contribution in [-0.2, 0) is 22.5 Å². The summed E-state index contributed by atoms with van der Waals surface area (Å²) in [5, 5.41) is 0. The Bertz CT molecular complexity index is 933. The lowest BCUT2D eigenvalue weighted by Crippen LogP contribution is -2.58. The number of rotatable bonds is 7. The lowest BCUT2D eigenvalue weighted by molar-refractivity contribution is -0.961. The van der Waals surface area contributed by atoms with Gasteiger partial charge in [0.25, 0.3) is 0 Å². The first-order valence-electron chi connectivity index (χ1n) is 13.7. The minimum absolute atomic E-state index is 0.0359. The topological polar surface area (TPSA) is 26.3 Å². The molecule has 3 fully saturated rings. The van der Waals surface area contributed by atoms with Gasteiger partial charge in [0.2, 0.25) is 0 Å². The molecule has 2 aromatic rings. The normalized spacial score (nSPS) is 30.1. The molecule has 0 amide bonds. The zero-order valence-corrected chi connectivity index (χ0v) is 21.1. The maximum absolute atomic E-state index is 13.6. The number of carbonyl (C=O) groups is 1. The van der Waals surface area contributed by atoms with Crippen LogP contribution in [0.4, 0.5) is 0 Å². The molecule has 182 valence electrons. The van der Waals surface area contributed by atoms with Crippen LogP contribution in [0.25, 0.3) is 0 Å². The molecule has 3 aliphatic rings. The van der Waals surface area contributed by atoms with Crippen molar-refractivity contribution in [3.63, 3.8) is 0 Å².